The average Bonchev–Trinajstić information content (AvgIpc) is 2.84. The third-order valence-corrected chi connectivity index (χ3v) is 5.94. The molecule has 0 fully saturated rings. The maximum atomic E-state index is 12.9. The molecule has 0 bridgehead atoms. The van der Waals surface area contributed by atoms with E-state index in [0.29, 0.717) is 30.5 Å². The van der Waals surface area contributed by atoms with Crippen LogP contribution in [-0.2, 0) is 0 Å². The summed E-state index contributed by atoms with van der Waals surface area (Å²) in [7, 11) is 0. The molecule has 0 aliphatic heterocycles. The quantitative estimate of drug-likeness (QED) is 0.354. The normalized spacial score (nSPS) is 11.8. The summed E-state index contributed by atoms with van der Waals surface area (Å²) in [6, 6.07) is 25.0. The number of carbonyl (C=O) groups excluding carboxylic acids is 2. The van der Waals surface area contributed by atoms with Crippen molar-refractivity contribution in [1.29, 1.82) is 0 Å². The van der Waals surface area contributed by atoms with Crippen LogP contribution in [0.25, 0.3) is 0 Å². The van der Waals surface area contributed by atoms with E-state index in [2.05, 4.69) is 61.8 Å². The molecule has 0 spiro atoms. The lowest BCUT2D eigenvalue weighted by Crippen LogP contribution is -2.37. The number of carbonyl (C=O) groups is 2. The number of para-hydroxylation sites is 1. The maximum Gasteiger partial charge on any atom is 0.319 e. The lowest BCUT2D eigenvalue weighted by atomic mass is 9.93. The van der Waals surface area contributed by atoms with Gasteiger partial charge in [0.1, 0.15) is 0 Å². The van der Waals surface area contributed by atoms with Crippen molar-refractivity contribution in [3.05, 3.63) is 101 Å². The Hall–Kier alpha value is -3.60. The van der Waals surface area contributed by atoms with Gasteiger partial charge in [-0.1, -0.05) is 94.4 Å². The van der Waals surface area contributed by atoms with E-state index in [1.165, 1.54) is 0 Å². The van der Waals surface area contributed by atoms with E-state index in [0.717, 1.165) is 22.4 Å². The van der Waals surface area contributed by atoms with Crippen LogP contribution in [0.2, 0.25) is 0 Å². The minimum Gasteiger partial charge on any atom is -0.351 e. The first kappa shape index (κ1) is 25.0. The summed E-state index contributed by atoms with van der Waals surface area (Å²) in [6.07, 6.45) is 0. The van der Waals surface area contributed by atoms with E-state index in [4.69, 9.17) is 0 Å². The highest BCUT2D eigenvalue weighted by molar-refractivity contribution is 5.94. The molecule has 0 saturated carbocycles. The largest absolute Gasteiger partial charge is 0.351 e. The van der Waals surface area contributed by atoms with Crippen LogP contribution in [0.1, 0.15) is 72.5 Å². The summed E-state index contributed by atoms with van der Waals surface area (Å²) in [6.45, 7) is 9.32. The van der Waals surface area contributed by atoms with Gasteiger partial charge in [0.2, 0.25) is 0 Å². The number of nitrogens with one attached hydrogen (secondary N) is 3. The zero-order chi connectivity index (χ0) is 24.5. The van der Waals surface area contributed by atoms with E-state index in [9.17, 15) is 9.59 Å². The van der Waals surface area contributed by atoms with Crippen molar-refractivity contribution in [2.24, 2.45) is 0 Å². The number of anilines is 1. The zero-order valence-electron chi connectivity index (χ0n) is 20.5. The number of rotatable bonds is 9. The Morgan fingerprint density at radius 3 is 1.76 bits per heavy atom. The molecule has 0 saturated heterocycles. The zero-order valence-corrected chi connectivity index (χ0v) is 20.5. The highest BCUT2D eigenvalue weighted by Gasteiger charge is 2.18. The monoisotopic (exact) mass is 457 g/mol. The summed E-state index contributed by atoms with van der Waals surface area (Å²) in [5.41, 5.74) is 4.80. The van der Waals surface area contributed by atoms with E-state index < -0.39 is 0 Å². The molecule has 5 nitrogen and oxygen atoms in total. The average molecular weight is 458 g/mol. The first-order chi connectivity index (χ1) is 16.4. The Balaban J connectivity index is 1.70. The van der Waals surface area contributed by atoms with Gasteiger partial charge >= 0.3 is 6.03 Å². The van der Waals surface area contributed by atoms with Crippen molar-refractivity contribution in [3.8, 4) is 0 Å². The van der Waals surface area contributed by atoms with Crippen LogP contribution in [0.5, 0.6) is 0 Å². The van der Waals surface area contributed by atoms with E-state index in [1.54, 1.807) is 12.1 Å². The topological polar surface area (TPSA) is 70.2 Å². The van der Waals surface area contributed by atoms with Crippen LogP contribution in [0.3, 0.4) is 0 Å². The number of amides is 3. The minimum atomic E-state index is -0.245. The van der Waals surface area contributed by atoms with Crippen molar-refractivity contribution in [2.45, 2.75) is 45.4 Å². The number of urea groups is 1. The first-order valence-electron chi connectivity index (χ1n) is 11.9. The van der Waals surface area contributed by atoms with Crippen molar-refractivity contribution in [3.63, 3.8) is 0 Å². The van der Waals surface area contributed by atoms with Crippen LogP contribution in [0, 0.1) is 0 Å². The molecule has 3 aromatic rings. The second-order valence-corrected chi connectivity index (χ2v) is 9.14. The van der Waals surface area contributed by atoms with Gasteiger partial charge in [0, 0.05) is 30.3 Å². The van der Waals surface area contributed by atoms with E-state index >= 15 is 0 Å². The molecule has 5 heteroatoms. The Labute approximate surface area is 203 Å². The standard InChI is InChI=1S/C29H35N3O2/c1-20(2)25-16-11-17-26(21(3)4)27(25)32-29(34)31-19-24(22-12-7-5-8-13-22)18-30-28(33)23-14-9-6-10-15-23/h5-17,20-21,24H,18-19H2,1-4H3,(H,30,33)(H2,31,32,34). The predicted octanol–water partition coefficient (Wildman–Crippen LogP) is 6.27. The van der Waals surface area contributed by atoms with Gasteiger partial charge in [-0.2, -0.15) is 0 Å². The molecular formula is C29H35N3O2. The Morgan fingerprint density at radius 1 is 0.676 bits per heavy atom. The Kier molecular flexibility index (Phi) is 8.86. The molecule has 0 heterocycles. The third kappa shape index (κ3) is 6.70. The molecule has 3 amide bonds. The smallest absolute Gasteiger partial charge is 0.319 e. The van der Waals surface area contributed by atoms with Gasteiger partial charge in [0.15, 0.2) is 0 Å². The minimum absolute atomic E-state index is 0.0653. The second-order valence-electron chi connectivity index (χ2n) is 9.14. The SMILES string of the molecule is CC(C)c1cccc(C(C)C)c1NC(=O)NCC(CNC(=O)c1ccccc1)c1ccccc1. The third-order valence-electron chi connectivity index (χ3n) is 5.94. The van der Waals surface area contributed by atoms with Gasteiger partial charge in [0.25, 0.3) is 5.91 Å². The highest BCUT2D eigenvalue weighted by atomic mass is 16.2. The van der Waals surface area contributed by atoms with Gasteiger partial charge < -0.3 is 16.0 Å². The lowest BCUT2D eigenvalue weighted by Gasteiger charge is -2.22. The van der Waals surface area contributed by atoms with Crippen molar-refractivity contribution in [1.82, 2.24) is 10.6 Å². The molecule has 0 radical (unpaired) electrons. The highest BCUT2D eigenvalue weighted by Crippen LogP contribution is 2.32. The molecule has 0 aliphatic carbocycles. The molecule has 1 atom stereocenters. The van der Waals surface area contributed by atoms with Gasteiger partial charge in [-0.05, 0) is 40.7 Å². The second kappa shape index (κ2) is 12.0. The first-order valence-corrected chi connectivity index (χ1v) is 11.9. The number of benzene rings is 3. The molecule has 0 aromatic heterocycles. The van der Waals surface area contributed by atoms with E-state index in [1.807, 2.05) is 48.5 Å². The molecule has 3 aromatic carbocycles. The van der Waals surface area contributed by atoms with Crippen LogP contribution < -0.4 is 16.0 Å². The van der Waals surface area contributed by atoms with Gasteiger partial charge in [-0.25, -0.2) is 4.79 Å². The number of hydrogen-bond donors (Lipinski definition) is 3. The fourth-order valence-corrected chi connectivity index (χ4v) is 4.01. The molecule has 0 aliphatic rings. The van der Waals surface area contributed by atoms with Gasteiger partial charge in [-0.3, -0.25) is 4.79 Å². The fourth-order valence-electron chi connectivity index (χ4n) is 4.01. The maximum absolute atomic E-state index is 12.9. The number of hydrogen-bond acceptors (Lipinski definition) is 2. The van der Waals surface area contributed by atoms with Crippen molar-refractivity contribution < 1.29 is 9.59 Å². The Morgan fingerprint density at radius 2 is 1.21 bits per heavy atom. The van der Waals surface area contributed by atoms with Crippen molar-refractivity contribution in [2.75, 3.05) is 18.4 Å². The van der Waals surface area contributed by atoms with Crippen LogP contribution in [-0.4, -0.2) is 25.0 Å². The summed E-state index contributed by atoms with van der Waals surface area (Å²) in [5.74, 6) is 0.390. The van der Waals surface area contributed by atoms with E-state index in [-0.39, 0.29) is 17.9 Å². The summed E-state index contributed by atoms with van der Waals surface area (Å²) in [4.78, 5) is 25.5. The van der Waals surface area contributed by atoms with Gasteiger partial charge in [-0.15, -0.1) is 0 Å². The molecule has 3 rings (SSSR count). The molecular weight excluding hydrogens is 422 g/mol. The van der Waals surface area contributed by atoms with Crippen LogP contribution >= 0.6 is 0 Å². The Bertz CT molecular complexity index is 1050. The predicted molar refractivity (Wildman–Crippen MR) is 140 cm³/mol. The van der Waals surface area contributed by atoms with Crippen molar-refractivity contribution >= 4 is 17.6 Å². The van der Waals surface area contributed by atoms with Gasteiger partial charge in [0.05, 0.1) is 0 Å². The van der Waals surface area contributed by atoms with Crippen LogP contribution in [0.4, 0.5) is 10.5 Å². The lowest BCUT2D eigenvalue weighted by molar-refractivity contribution is 0.0951. The molecule has 1 unspecified atom stereocenters. The fraction of sp³-hybridized carbons (Fsp3) is 0.310. The van der Waals surface area contributed by atoms with Crippen LogP contribution in [0.15, 0.2) is 78.9 Å². The molecule has 3 N–H and O–H groups in total. The summed E-state index contributed by atoms with van der Waals surface area (Å²) in [5, 5.41) is 9.13. The summed E-state index contributed by atoms with van der Waals surface area (Å²) < 4.78 is 0. The summed E-state index contributed by atoms with van der Waals surface area (Å²) >= 11 is 0. The molecule has 178 valence electrons. The molecule has 34 heavy (non-hydrogen) atoms.